The number of rotatable bonds is 8. The predicted molar refractivity (Wildman–Crippen MR) is 93.5 cm³/mol. The van der Waals surface area contributed by atoms with E-state index in [0.29, 0.717) is 10.8 Å². The van der Waals surface area contributed by atoms with Crippen molar-refractivity contribution in [3.05, 3.63) is 16.7 Å². The van der Waals surface area contributed by atoms with Crippen LogP contribution in [-0.2, 0) is 0 Å². The zero-order valence-electron chi connectivity index (χ0n) is 13.8. The van der Waals surface area contributed by atoms with Gasteiger partial charge in [0.15, 0.2) is 10.8 Å². The van der Waals surface area contributed by atoms with Crippen molar-refractivity contribution in [2.75, 3.05) is 26.4 Å². The first kappa shape index (κ1) is 17.9. The maximum absolute atomic E-state index is 11.9. The van der Waals surface area contributed by atoms with Crippen molar-refractivity contribution >= 4 is 29.0 Å². The monoisotopic (exact) mass is 354 g/mol. The van der Waals surface area contributed by atoms with E-state index < -0.39 is 0 Å². The van der Waals surface area contributed by atoms with Gasteiger partial charge in [0, 0.05) is 17.2 Å². The van der Waals surface area contributed by atoms with Crippen LogP contribution < -0.4 is 5.32 Å². The highest BCUT2D eigenvalue weighted by molar-refractivity contribution is 7.99. The zero-order chi connectivity index (χ0) is 16.8. The second-order valence-electron chi connectivity index (χ2n) is 5.62. The van der Waals surface area contributed by atoms with Gasteiger partial charge in [-0.15, -0.1) is 16.4 Å². The Morgan fingerprint density at radius 3 is 2.96 bits per heavy atom. The molecule has 23 heavy (non-hydrogen) atoms. The molecule has 1 amide bonds. The van der Waals surface area contributed by atoms with Crippen molar-refractivity contribution in [2.24, 2.45) is 0 Å². The summed E-state index contributed by atoms with van der Waals surface area (Å²) in [6.07, 6.45) is 2.72. The van der Waals surface area contributed by atoms with Gasteiger partial charge in [-0.3, -0.25) is 4.79 Å². The van der Waals surface area contributed by atoms with E-state index in [2.05, 4.69) is 39.4 Å². The van der Waals surface area contributed by atoms with Crippen molar-refractivity contribution in [3.63, 3.8) is 0 Å². The normalized spacial score (nSPS) is 11.4. The molecular weight excluding hydrogens is 332 g/mol. The Kier molecular flexibility index (Phi) is 6.55. The molecule has 2 heterocycles. The summed E-state index contributed by atoms with van der Waals surface area (Å²) in [5, 5.41) is 10.2. The average molecular weight is 355 g/mol. The summed E-state index contributed by atoms with van der Waals surface area (Å²) >= 11 is 2.93. The highest BCUT2D eigenvalue weighted by Crippen LogP contribution is 2.17. The van der Waals surface area contributed by atoms with Crippen LogP contribution in [0.5, 0.6) is 0 Å². The smallest absolute Gasteiger partial charge is 0.280 e. The van der Waals surface area contributed by atoms with Gasteiger partial charge in [0.1, 0.15) is 6.33 Å². The van der Waals surface area contributed by atoms with Crippen LogP contribution in [0.1, 0.15) is 30.1 Å². The Balaban J connectivity index is 1.93. The fourth-order valence-electron chi connectivity index (χ4n) is 1.77. The Labute approximate surface area is 144 Å². The molecule has 0 aliphatic rings. The molecular formula is C14H22N6OS2. The van der Waals surface area contributed by atoms with Crippen molar-refractivity contribution in [2.45, 2.75) is 31.5 Å². The minimum absolute atomic E-state index is 0.0892. The van der Waals surface area contributed by atoms with Crippen molar-refractivity contribution < 1.29 is 4.79 Å². The molecule has 2 aromatic rings. The summed E-state index contributed by atoms with van der Waals surface area (Å²) in [4.78, 5) is 22.7. The molecule has 2 aromatic heterocycles. The fourth-order valence-corrected chi connectivity index (χ4v) is 3.18. The van der Waals surface area contributed by atoms with Gasteiger partial charge < -0.3 is 10.2 Å². The van der Waals surface area contributed by atoms with Crippen LogP contribution in [0, 0.1) is 0 Å². The van der Waals surface area contributed by atoms with Gasteiger partial charge in [0.25, 0.3) is 5.91 Å². The molecule has 0 fully saturated rings. The number of hydrogen-bond acceptors (Lipinski definition) is 7. The molecule has 0 bridgehead atoms. The number of nitrogens with zero attached hydrogens (tertiary/aromatic N) is 5. The van der Waals surface area contributed by atoms with Crippen molar-refractivity contribution in [3.8, 4) is 5.82 Å². The lowest BCUT2D eigenvalue weighted by Gasteiger charge is -2.07. The van der Waals surface area contributed by atoms with E-state index in [1.807, 2.05) is 19.2 Å². The number of nitrogens with one attached hydrogen (secondary N) is 1. The van der Waals surface area contributed by atoms with E-state index in [0.717, 1.165) is 23.9 Å². The maximum Gasteiger partial charge on any atom is 0.280 e. The third-order valence-electron chi connectivity index (χ3n) is 2.79. The van der Waals surface area contributed by atoms with E-state index >= 15 is 0 Å². The van der Waals surface area contributed by atoms with Gasteiger partial charge in [0.05, 0.1) is 0 Å². The highest BCUT2D eigenvalue weighted by Gasteiger charge is 2.14. The van der Waals surface area contributed by atoms with Crippen LogP contribution >= 0.6 is 23.1 Å². The van der Waals surface area contributed by atoms with E-state index in [1.54, 1.807) is 22.8 Å². The molecule has 0 saturated carbocycles. The number of thioether (sulfide) groups is 1. The zero-order valence-corrected chi connectivity index (χ0v) is 15.4. The van der Waals surface area contributed by atoms with Gasteiger partial charge in [-0.25, -0.2) is 14.6 Å². The summed E-state index contributed by atoms with van der Waals surface area (Å²) in [6, 6.07) is 0.0892. The number of carbonyl (C=O) groups excluding carboxylic acids is 1. The maximum atomic E-state index is 11.9. The molecule has 0 unspecified atom stereocenters. The van der Waals surface area contributed by atoms with E-state index in [4.69, 9.17) is 0 Å². The summed E-state index contributed by atoms with van der Waals surface area (Å²) < 4.78 is 1.61. The lowest BCUT2D eigenvalue weighted by atomic mass is 10.4. The quantitative estimate of drug-likeness (QED) is 0.576. The first-order valence-electron chi connectivity index (χ1n) is 7.41. The van der Waals surface area contributed by atoms with Crippen LogP contribution in [0.15, 0.2) is 16.9 Å². The summed E-state index contributed by atoms with van der Waals surface area (Å²) in [6.45, 7) is 4.89. The lowest BCUT2D eigenvalue weighted by Crippen LogP contribution is -2.29. The molecule has 2 rings (SSSR count). The molecule has 9 heteroatoms. The highest BCUT2D eigenvalue weighted by atomic mass is 32.2. The van der Waals surface area contributed by atoms with Gasteiger partial charge in [-0.2, -0.15) is 0 Å². The standard InChI is InChI=1S/C14H22N6OS2/c1-10(2)16-12(21)13-17-11(8-23-13)20-9-15-14(18-20)22-7-5-6-19(3)4/h8-10H,5-7H2,1-4H3,(H,16,21). The molecule has 0 aromatic carbocycles. The predicted octanol–water partition coefficient (Wildman–Crippen LogP) is 1.91. The minimum Gasteiger partial charge on any atom is -0.348 e. The minimum atomic E-state index is -0.158. The first-order chi connectivity index (χ1) is 11.0. The molecule has 1 N–H and O–H groups in total. The summed E-state index contributed by atoms with van der Waals surface area (Å²) in [7, 11) is 4.12. The number of thiazole rings is 1. The van der Waals surface area contributed by atoms with Crippen LogP contribution in [0.4, 0.5) is 0 Å². The van der Waals surface area contributed by atoms with Gasteiger partial charge >= 0.3 is 0 Å². The van der Waals surface area contributed by atoms with Crippen molar-refractivity contribution in [1.29, 1.82) is 0 Å². The van der Waals surface area contributed by atoms with Crippen LogP contribution in [0.25, 0.3) is 5.82 Å². The average Bonchev–Trinajstić information content (AvgIpc) is 3.11. The van der Waals surface area contributed by atoms with Crippen molar-refractivity contribution in [1.82, 2.24) is 30.0 Å². The van der Waals surface area contributed by atoms with E-state index in [9.17, 15) is 4.79 Å². The third kappa shape index (κ3) is 5.60. The SMILES string of the molecule is CC(C)NC(=O)c1nc(-n2cnc(SCCCN(C)C)n2)cs1. The largest absolute Gasteiger partial charge is 0.348 e. The number of hydrogen-bond donors (Lipinski definition) is 1. The Bertz CT molecular complexity index is 637. The third-order valence-corrected chi connectivity index (χ3v) is 4.56. The molecule has 0 saturated heterocycles. The molecule has 0 aliphatic heterocycles. The Hall–Kier alpha value is -1.45. The molecule has 7 nitrogen and oxygen atoms in total. The number of amides is 1. The molecule has 0 aliphatic carbocycles. The molecule has 0 spiro atoms. The topological polar surface area (TPSA) is 75.9 Å². The van der Waals surface area contributed by atoms with Crippen LogP contribution in [-0.4, -0.2) is 63.0 Å². The molecule has 0 radical (unpaired) electrons. The number of carbonyl (C=O) groups is 1. The van der Waals surface area contributed by atoms with E-state index in [-0.39, 0.29) is 11.9 Å². The summed E-state index contributed by atoms with van der Waals surface area (Å²) in [5.41, 5.74) is 0. The Morgan fingerprint density at radius 2 is 2.26 bits per heavy atom. The van der Waals surface area contributed by atoms with Crippen LogP contribution in [0.2, 0.25) is 0 Å². The molecule has 0 atom stereocenters. The van der Waals surface area contributed by atoms with Crippen LogP contribution in [0.3, 0.4) is 0 Å². The van der Waals surface area contributed by atoms with E-state index in [1.165, 1.54) is 11.3 Å². The number of aromatic nitrogens is 4. The Morgan fingerprint density at radius 1 is 1.48 bits per heavy atom. The lowest BCUT2D eigenvalue weighted by molar-refractivity contribution is 0.0942. The van der Waals surface area contributed by atoms with Gasteiger partial charge in [-0.1, -0.05) is 11.8 Å². The first-order valence-corrected chi connectivity index (χ1v) is 9.28. The fraction of sp³-hybridized carbons (Fsp3) is 0.571. The summed E-state index contributed by atoms with van der Waals surface area (Å²) in [5.74, 6) is 1.44. The molecule has 126 valence electrons. The second kappa shape index (κ2) is 8.42. The second-order valence-corrected chi connectivity index (χ2v) is 7.54. The van der Waals surface area contributed by atoms with Gasteiger partial charge in [-0.05, 0) is 40.9 Å². The van der Waals surface area contributed by atoms with Gasteiger partial charge in [0.2, 0.25) is 5.16 Å².